The van der Waals surface area contributed by atoms with Crippen LogP contribution in [0, 0.1) is 0 Å². The van der Waals surface area contributed by atoms with Gasteiger partial charge in [-0.15, -0.1) is 0 Å². The Morgan fingerprint density at radius 1 is 0.818 bits per heavy atom. The van der Waals surface area contributed by atoms with Crippen molar-refractivity contribution in [3.05, 3.63) is 59.2 Å². The van der Waals surface area contributed by atoms with Crippen LogP contribution in [0.3, 0.4) is 0 Å². The summed E-state index contributed by atoms with van der Waals surface area (Å²) in [5, 5.41) is 17.9. The van der Waals surface area contributed by atoms with Gasteiger partial charge in [-0.05, 0) is 38.2 Å². The molecule has 0 saturated carbocycles. The summed E-state index contributed by atoms with van der Waals surface area (Å²) in [6, 6.07) is 10.9. The maximum absolute atomic E-state index is 11.3. The van der Waals surface area contributed by atoms with Gasteiger partial charge in [0.1, 0.15) is 22.6 Å². The average Bonchev–Trinajstić information content (AvgIpc) is 2.74. The molecule has 9 nitrogen and oxygen atoms in total. The van der Waals surface area contributed by atoms with Crippen molar-refractivity contribution in [1.29, 1.82) is 0 Å². The lowest BCUT2D eigenvalue weighted by molar-refractivity contribution is -0.132. The molecule has 0 aromatic heterocycles. The molecule has 0 bridgehead atoms. The molecule has 0 radical (unpaired) electrons. The first-order valence-electron chi connectivity index (χ1n) is 10.3. The monoisotopic (exact) mass is 459 g/mol. The first kappa shape index (κ1) is 27.3. The Hall–Kier alpha value is -3.72. The van der Waals surface area contributed by atoms with E-state index >= 15 is 0 Å². The maximum Gasteiger partial charge on any atom is 0.339 e. The van der Waals surface area contributed by atoms with Crippen LogP contribution in [0.15, 0.2) is 42.5 Å². The number of hydrogen-bond acceptors (Lipinski definition) is 7. The third-order valence-electron chi connectivity index (χ3n) is 4.70. The SMILES string of the molecule is CC(=O)Oc1ccccc1C(=O)O.CCN(CC)C(C)c1cccc(C(=O)O)c1OC(C)=O. The van der Waals surface area contributed by atoms with Gasteiger partial charge in [0.05, 0.1) is 0 Å². The van der Waals surface area contributed by atoms with Gasteiger partial charge in [-0.1, -0.05) is 38.1 Å². The van der Waals surface area contributed by atoms with E-state index < -0.39 is 23.9 Å². The molecule has 0 aliphatic rings. The molecular weight excluding hydrogens is 430 g/mol. The predicted octanol–water partition coefficient (Wildman–Crippen LogP) is 4.02. The Morgan fingerprint density at radius 3 is 1.82 bits per heavy atom. The number of carboxylic acid groups (broad SMARTS) is 2. The molecule has 0 spiro atoms. The van der Waals surface area contributed by atoms with Gasteiger partial charge in [0, 0.05) is 25.5 Å². The number of ether oxygens (including phenoxy) is 2. The van der Waals surface area contributed by atoms with Gasteiger partial charge < -0.3 is 19.7 Å². The molecule has 178 valence electrons. The molecular formula is C24H29NO8. The van der Waals surface area contributed by atoms with Crippen molar-refractivity contribution < 1.29 is 38.9 Å². The van der Waals surface area contributed by atoms with Crippen LogP contribution in [0.5, 0.6) is 11.5 Å². The largest absolute Gasteiger partial charge is 0.478 e. The van der Waals surface area contributed by atoms with Gasteiger partial charge in [-0.3, -0.25) is 14.5 Å². The minimum atomic E-state index is -1.11. The van der Waals surface area contributed by atoms with Crippen molar-refractivity contribution in [3.8, 4) is 11.5 Å². The van der Waals surface area contributed by atoms with E-state index in [0.717, 1.165) is 13.1 Å². The summed E-state index contributed by atoms with van der Waals surface area (Å²) in [6.07, 6.45) is 0. The summed E-state index contributed by atoms with van der Waals surface area (Å²) in [5.41, 5.74) is 0.707. The minimum absolute atomic E-state index is 0.0108. The topological polar surface area (TPSA) is 130 Å². The lowest BCUT2D eigenvalue weighted by Gasteiger charge is -2.28. The fourth-order valence-electron chi connectivity index (χ4n) is 3.17. The van der Waals surface area contributed by atoms with Crippen molar-refractivity contribution in [2.45, 2.75) is 40.7 Å². The molecule has 0 amide bonds. The zero-order chi connectivity index (χ0) is 25.1. The highest BCUT2D eigenvalue weighted by molar-refractivity contribution is 5.93. The normalized spacial score (nSPS) is 11.1. The number of esters is 2. The van der Waals surface area contributed by atoms with Crippen LogP contribution >= 0.6 is 0 Å². The first-order valence-corrected chi connectivity index (χ1v) is 10.3. The summed E-state index contributed by atoms with van der Waals surface area (Å²) in [6.45, 7) is 10.2. The molecule has 0 aliphatic heterocycles. The van der Waals surface area contributed by atoms with Crippen LogP contribution in [-0.2, 0) is 9.59 Å². The minimum Gasteiger partial charge on any atom is -0.478 e. The fourth-order valence-corrected chi connectivity index (χ4v) is 3.17. The molecule has 0 saturated heterocycles. The second kappa shape index (κ2) is 13.0. The Balaban J connectivity index is 0.000000361. The van der Waals surface area contributed by atoms with Crippen molar-refractivity contribution in [2.75, 3.05) is 13.1 Å². The highest BCUT2D eigenvalue weighted by Crippen LogP contribution is 2.32. The Bertz CT molecular complexity index is 998. The molecule has 2 aromatic rings. The zero-order valence-electron chi connectivity index (χ0n) is 19.3. The molecule has 0 aliphatic carbocycles. The number of rotatable bonds is 8. The molecule has 2 N–H and O–H groups in total. The van der Waals surface area contributed by atoms with Gasteiger partial charge in [0.15, 0.2) is 0 Å². The second-order valence-corrected chi connectivity index (χ2v) is 6.91. The van der Waals surface area contributed by atoms with E-state index in [1.54, 1.807) is 24.3 Å². The van der Waals surface area contributed by atoms with Gasteiger partial charge in [-0.25, -0.2) is 9.59 Å². The van der Waals surface area contributed by atoms with E-state index in [0.29, 0.717) is 5.56 Å². The predicted molar refractivity (Wildman–Crippen MR) is 121 cm³/mol. The van der Waals surface area contributed by atoms with Crippen LogP contribution in [0.4, 0.5) is 0 Å². The lowest BCUT2D eigenvalue weighted by atomic mass is 10.0. The molecule has 1 atom stereocenters. The lowest BCUT2D eigenvalue weighted by Crippen LogP contribution is -2.27. The van der Waals surface area contributed by atoms with E-state index in [1.807, 2.05) is 20.8 Å². The quantitative estimate of drug-likeness (QED) is 0.444. The van der Waals surface area contributed by atoms with Gasteiger partial charge >= 0.3 is 23.9 Å². The number of para-hydroxylation sites is 2. The number of carboxylic acids is 2. The summed E-state index contributed by atoms with van der Waals surface area (Å²) >= 11 is 0. The molecule has 9 heteroatoms. The van der Waals surface area contributed by atoms with E-state index in [-0.39, 0.29) is 28.7 Å². The molecule has 1 unspecified atom stereocenters. The average molecular weight is 459 g/mol. The molecule has 33 heavy (non-hydrogen) atoms. The van der Waals surface area contributed by atoms with Gasteiger partial charge in [0.2, 0.25) is 0 Å². The third-order valence-corrected chi connectivity index (χ3v) is 4.70. The van der Waals surface area contributed by atoms with E-state index in [1.165, 1.54) is 32.0 Å². The van der Waals surface area contributed by atoms with E-state index in [9.17, 15) is 24.3 Å². The number of hydrogen-bond donors (Lipinski definition) is 2. The van der Waals surface area contributed by atoms with Gasteiger partial charge in [-0.2, -0.15) is 0 Å². The highest BCUT2D eigenvalue weighted by atomic mass is 16.5. The zero-order valence-corrected chi connectivity index (χ0v) is 19.3. The summed E-state index contributed by atoms with van der Waals surface area (Å²) in [4.78, 5) is 45.9. The number of benzene rings is 2. The van der Waals surface area contributed by atoms with Crippen LogP contribution in [0.25, 0.3) is 0 Å². The third kappa shape index (κ3) is 8.04. The standard InChI is InChI=1S/C15H21NO4.C9H8O4/c1-5-16(6-2)10(3)12-8-7-9-13(15(18)19)14(12)20-11(4)17;1-6(10)13-8-5-3-2-4-7(8)9(11)12/h7-10H,5-6H2,1-4H3,(H,18,19);2-5H,1H3,(H,11,12). The Morgan fingerprint density at radius 2 is 1.33 bits per heavy atom. The number of aromatic carboxylic acids is 2. The van der Waals surface area contributed by atoms with E-state index in [4.69, 9.17) is 9.84 Å². The van der Waals surface area contributed by atoms with Crippen LogP contribution in [0.1, 0.15) is 66.9 Å². The summed E-state index contributed by atoms with van der Waals surface area (Å²) < 4.78 is 9.84. The van der Waals surface area contributed by atoms with Crippen LogP contribution < -0.4 is 9.47 Å². The highest BCUT2D eigenvalue weighted by Gasteiger charge is 2.23. The summed E-state index contributed by atoms with van der Waals surface area (Å²) in [7, 11) is 0. The van der Waals surface area contributed by atoms with Crippen LogP contribution in [-0.4, -0.2) is 52.1 Å². The molecule has 0 heterocycles. The first-order chi connectivity index (χ1) is 15.5. The summed E-state index contributed by atoms with van der Waals surface area (Å²) in [5.74, 6) is -3.05. The number of nitrogens with zero attached hydrogens (tertiary/aromatic N) is 1. The van der Waals surface area contributed by atoms with Crippen molar-refractivity contribution in [3.63, 3.8) is 0 Å². The smallest absolute Gasteiger partial charge is 0.339 e. The van der Waals surface area contributed by atoms with Gasteiger partial charge in [0.25, 0.3) is 0 Å². The number of carbonyl (C=O) groups excluding carboxylic acids is 2. The second-order valence-electron chi connectivity index (χ2n) is 6.91. The van der Waals surface area contributed by atoms with Crippen LogP contribution in [0.2, 0.25) is 0 Å². The van der Waals surface area contributed by atoms with Crippen molar-refractivity contribution in [1.82, 2.24) is 4.90 Å². The molecule has 0 fully saturated rings. The Kier molecular flexibility index (Phi) is 10.7. The Labute approximate surface area is 192 Å². The fraction of sp³-hybridized carbons (Fsp3) is 0.333. The number of carbonyl (C=O) groups is 4. The maximum atomic E-state index is 11.3. The van der Waals surface area contributed by atoms with E-state index in [2.05, 4.69) is 9.64 Å². The molecule has 2 rings (SSSR count). The van der Waals surface area contributed by atoms with Crippen molar-refractivity contribution >= 4 is 23.9 Å². The molecule has 2 aromatic carbocycles. The van der Waals surface area contributed by atoms with Crippen molar-refractivity contribution in [2.24, 2.45) is 0 Å².